The molecule has 4 nitrogen and oxygen atoms in total. The van der Waals surface area contributed by atoms with Crippen molar-refractivity contribution in [3.63, 3.8) is 0 Å². The Morgan fingerprint density at radius 3 is 2.39 bits per heavy atom. The van der Waals surface area contributed by atoms with E-state index >= 15 is 0 Å². The van der Waals surface area contributed by atoms with Crippen LogP contribution < -0.4 is 9.64 Å². The standard InChI is InChI=1S/C14H19NO3/c1-11(14(16)18-4)9-10-15(2)12-5-7-13(17-3)8-6-12/h5-9H,10H2,1-4H3. The Labute approximate surface area is 108 Å². The van der Waals surface area contributed by atoms with Gasteiger partial charge >= 0.3 is 5.97 Å². The zero-order chi connectivity index (χ0) is 13.5. The monoisotopic (exact) mass is 249 g/mol. The lowest BCUT2D eigenvalue weighted by atomic mass is 10.2. The molecule has 0 unspecified atom stereocenters. The van der Waals surface area contributed by atoms with Crippen LogP contribution in [0.25, 0.3) is 0 Å². The summed E-state index contributed by atoms with van der Waals surface area (Å²) in [5.74, 6) is 0.534. The van der Waals surface area contributed by atoms with Crippen LogP contribution in [-0.2, 0) is 9.53 Å². The van der Waals surface area contributed by atoms with Crippen molar-refractivity contribution in [3.8, 4) is 5.75 Å². The number of carbonyl (C=O) groups excluding carboxylic acids is 1. The molecule has 0 saturated heterocycles. The molecule has 0 saturated carbocycles. The molecule has 18 heavy (non-hydrogen) atoms. The molecule has 0 aliphatic carbocycles. The smallest absolute Gasteiger partial charge is 0.333 e. The highest BCUT2D eigenvalue weighted by Gasteiger charge is 2.04. The van der Waals surface area contributed by atoms with Crippen molar-refractivity contribution in [2.75, 3.05) is 32.7 Å². The van der Waals surface area contributed by atoms with Gasteiger partial charge in [0.1, 0.15) is 5.75 Å². The van der Waals surface area contributed by atoms with Gasteiger partial charge in [-0.25, -0.2) is 4.79 Å². The Hall–Kier alpha value is -1.97. The molecule has 1 aromatic carbocycles. The van der Waals surface area contributed by atoms with Crippen LogP contribution >= 0.6 is 0 Å². The summed E-state index contributed by atoms with van der Waals surface area (Å²) in [6.07, 6.45) is 1.84. The number of anilines is 1. The Balaban J connectivity index is 2.64. The third-order valence-corrected chi connectivity index (χ3v) is 2.69. The van der Waals surface area contributed by atoms with E-state index in [4.69, 9.17) is 4.74 Å². The fourth-order valence-corrected chi connectivity index (χ4v) is 1.46. The molecule has 1 rings (SSSR count). The van der Waals surface area contributed by atoms with E-state index in [-0.39, 0.29) is 5.97 Å². The van der Waals surface area contributed by atoms with Crippen molar-refractivity contribution in [2.24, 2.45) is 0 Å². The summed E-state index contributed by atoms with van der Waals surface area (Å²) in [7, 11) is 4.98. The highest BCUT2D eigenvalue weighted by molar-refractivity contribution is 5.87. The van der Waals surface area contributed by atoms with E-state index < -0.39 is 0 Å². The largest absolute Gasteiger partial charge is 0.497 e. The SMILES string of the molecule is COC(=O)C(C)=CCN(C)c1ccc(OC)cc1. The van der Waals surface area contributed by atoms with Gasteiger partial charge in [0.25, 0.3) is 0 Å². The van der Waals surface area contributed by atoms with Crippen LogP contribution in [0.3, 0.4) is 0 Å². The first-order valence-electron chi connectivity index (χ1n) is 5.68. The van der Waals surface area contributed by atoms with Gasteiger partial charge in [-0.3, -0.25) is 0 Å². The van der Waals surface area contributed by atoms with E-state index in [1.54, 1.807) is 14.0 Å². The molecule has 1 aromatic rings. The van der Waals surface area contributed by atoms with Crippen molar-refractivity contribution < 1.29 is 14.3 Å². The molecule has 0 N–H and O–H groups in total. The van der Waals surface area contributed by atoms with Crippen molar-refractivity contribution in [3.05, 3.63) is 35.9 Å². The number of hydrogen-bond donors (Lipinski definition) is 0. The first kappa shape index (κ1) is 14.1. The minimum atomic E-state index is -0.293. The van der Waals surface area contributed by atoms with Gasteiger partial charge < -0.3 is 14.4 Å². The Bertz CT molecular complexity index is 423. The second kappa shape index (κ2) is 6.69. The molecular weight excluding hydrogens is 230 g/mol. The van der Waals surface area contributed by atoms with Gasteiger partial charge in [0.05, 0.1) is 14.2 Å². The molecule has 0 aliphatic rings. The zero-order valence-electron chi connectivity index (χ0n) is 11.3. The molecule has 4 heteroatoms. The molecule has 0 aromatic heterocycles. The predicted molar refractivity (Wildman–Crippen MR) is 72.0 cm³/mol. The van der Waals surface area contributed by atoms with Gasteiger partial charge in [0, 0.05) is 24.9 Å². The highest BCUT2D eigenvalue weighted by atomic mass is 16.5. The number of hydrogen-bond acceptors (Lipinski definition) is 4. The van der Waals surface area contributed by atoms with Crippen LogP contribution in [-0.4, -0.2) is 33.8 Å². The van der Waals surface area contributed by atoms with E-state index in [0.717, 1.165) is 11.4 Å². The molecule has 0 amide bonds. The lowest BCUT2D eigenvalue weighted by Crippen LogP contribution is -2.17. The van der Waals surface area contributed by atoms with Gasteiger partial charge in [-0.1, -0.05) is 6.08 Å². The van der Waals surface area contributed by atoms with E-state index in [2.05, 4.69) is 4.74 Å². The van der Waals surface area contributed by atoms with E-state index in [9.17, 15) is 4.79 Å². The molecule has 0 fully saturated rings. The van der Waals surface area contributed by atoms with Crippen molar-refractivity contribution in [1.82, 2.24) is 0 Å². The average molecular weight is 249 g/mol. The summed E-state index contributed by atoms with van der Waals surface area (Å²) in [5.41, 5.74) is 1.67. The van der Waals surface area contributed by atoms with Gasteiger partial charge in [-0.05, 0) is 31.2 Å². The highest BCUT2D eigenvalue weighted by Crippen LogP contribution is 2.18. The summed E-state index contributed by atoms with van der Waals surface area (Å²) in [4.78, 5) is 13.3. The molecular formula is C14H19NO3. The molecule has 0 radical (unpaired) electrons. The second-order valence-corrected chi connectivity index (χ2v) is 3.96. The maximum absolute atomic E-state index is 11.2. The molecule has 0 atom stereocenters. The van der Waals surface area contributed by atoms with Crippen molar-refractivity contribution in [2.45, 2.75) is 6.92 Å². The van der Waals surface area contributed by atoms with Crippen LogP contribution in [0.2, 0.25) is 0 Å². The van der Waals surface area contributed by atoms with Crippen LogP contribution in [0.15, 0.2) is 35.9 Å². The maximum Gasteiger partial charge on any atom is 0.333 e. The molecule has 98 valence electrons. The van der Waals surface area contributed by atoms with Crippen LogP contribution in [0.1, 0.15) is 6.92 Å². The van der Waals surface area contributed by atoms with Gasteiger partial charge in [0.15, 0.2) is 0 Å². The third kappa shape index (κ3) is 3.80. The van der Waals surface area contributed by atoms with Gasteiger partial charge in [0.2, 0.25) is 0 Å². The average Bonchev–Trinajstić information content (AvgIpc) is 2.43. The first-order chi connectivity index (χ1) is 8.58. The molecule has 0 aliphatic heterocycles. The summed E-state index contributed by atoms with van der Waals surface area (Å²) in [5, 5.41) is 0. The lowest BCUT2D eigenvalue weighted by molar-refractivity contribution is -0.136. The minimum Gasteiger partial charge on any atom is -0.497 e. The summed E-state index contributed by atoms with van der Waals surface area (Å²) in [6, 6.07) is 7.76. The van der Waals surface area contributed by atoms with Crippen molar-refractivity contribution >= 4 is 11.7 Å². The Morgan fingerprint density at radius 1 is 1.28 bits per heavy atom. The fourth-order valence-electron chi connectivity index (χ4n) is 1.46. The third-order valence-electron chi connectivity index (χ3n) is 2.69. The van der Waals surface area contributed by atoms with Gasteiger partial charge in [-0.2, -0.15) is 0 Å². The number of likely N-dealkylation sites (N-methyl/N-ethyl adjacent to an activating group) is 1. The number of ether oxygens (including phenoxy) is 2. The van der Waals surface area contributed by atoms with E-state index in [1.165, 1.54) is 7.11 Å². The summed E-state index contributed by atoms with van der Waals surface area (Å²) in [6.45, 7) is 2.39. The Kier molecular flexibility index (Phi) is 5.24. The molecule has 0 heterocycles. The second-order valence-electron chi connectivity index (χ2n) is 3.96. The lowest BCUT2D eigenvalue weighted by Gasteiger charge is -2.17. The van der Waals surface area contributed by atoms with Crippen LogP contribution in [0.4, 0.5) is 5.69 Å². The zero-order valence-corrected chi connectivity index (χ0v) is 11.3. The molecule has 0 bridgehead atoms. The Morgan fingerprint density at radius 2 is 1.89 bits per heavy atom. The summed E-state index contributed by atoms with van der Waals surface area (Å²) >= 11 is 0. The normalized spacial score (nSPS) is 11.0. The maximum atomic E-state index is 11.2. The fraction of sp³-hybridized carbons (Fsp3) is 0.357. The summed E-state index contributed by atoms with van der Waals surface area (Å²) < 4.78 is 9.74. The quantitative estimate of drug-likeness (QED) is 0.592. The van der Waals surface area contributed by atoms with Crippen molar-refractivity contribution in [1.29, 1.82) is 0 Å². The number of carbonyl (C=O) groups is 1. The minimum absolute atomic E-state index is 0.293. The van der Waals surface area contributed by atoms with Crippen LogP contribution in [0.5, 0.6) is 5.75 Å². The van der Waals surface area contributed by atoms with Gasteiger partial charge in [-0.15, -0.1) is 0 Å². The molecule has 0 spiro atoms. The van der Waals surface area contributed by atoms with E-state index in [1.807, 2.05) is 42.3 Å². The van der Waals surface area contributed by atoms with E-state index in [0.29, 0.717) is 12.1 Å². The predicted octanol–water partition coefficient (Wildman–Crippen LogP) is 2.25. The number of rotatable bonds is 5. The number of benzene rings is 1. The van der Waals surface area contributed by atoms with Crippen LogP contribution in [0, 0.1) is 0 Å². The number of esters is 1. The topological polar surface area (TPSA) is 38.8 Å². The first-order valence-corrected chi connectivity index (χ1v) is 5.68. The number of methoxy groups -OCH3 is 2. The number of nitrogens with zero attached hydrogens (tertiary/aromatic N) is 1.